The molecule has 0 aromatic rings. The molecule has 0 radical (unpaired) electrons. The van der Waals surface area contributed by atoms with Crippen LogP contribution in [-0.2, 0) is 4.79 Å². The van der Waals surface area contributed by atoms with Gasteiger partial charge in [0.05, 0.1) is 18.8 Å². The lowest BCUT2D eigenvalue weighted by Crippen LogP contribution is -2.45. The van der Waals surface area contributed by atoms with Gasteiger partial charge in [-0.05, 0) is 70.6 Å². The zero-order valence-electron chi connectivity index (χ0n) is 44.7. The highest BCUT2D eigenvalue weighted by Crippen LogP contribution is 2.17. The minimum atomic E-state index is -0.870. The number of rotatable bonds is 55. The van der Waals surface area contributed by atoms with Gasteiger partial charge in [0.1, 0.15) is 0 Å². The first-order valence-electron chi connectivity index (χ1n) is 29.9. The van der Waals surface area contributed by atoms with Gasteiger partial charge in [-0.2, -0.15) is 0 Å². The molecule has 0 aromatic carbocycles. The molecule has 0 saturated carbocycles. The van der Waals surface area contributed by atoms with Crippen molar-refractivity contribution < 1.29 is 15.0 Å². The van der Waals surface area contributed by atoms with Gasteiger partial charge < -0.3 is 15.5 Å². The maximum absolute atomic E-state index is 12.5. The van der Waals surface area contributed by atoms with E-state index in [2.05, 4.69) is 55.6 Å². The minimum absolute atomic E-state index is 0.0729. The van der Waals surface area contributed by atoms with E-state index in [1.165, 1.54) is 263 Å². The first-order chi connectivity index (χ1) is 32.7. The molecule has 0 aliphatic heterocycles. The van der Waals surface area contributed by atoms with Crippen molar-refractivity contribution in [3.63, 3.8) is 0 Å². The Balaban J connectivity index is 3.46. The highest BCUT2D eigenvalue weighted by molar-refractivity contribution is 5.76. The van der Waals surface area contributed by atoms with Crippen molar-refractivity contribution in [1.29, 1.82) is 0 Å². The number of aliphatic hydroxyl groups excluding tert-OH is 2. The fourth-order valence-electron chi connectivity index (χ4n) is 9.21. The van der Waals surface area contributed by atoms with Crippen LogP contribution in [0.5, 0.6) is 0 Å². The number of hydrogen-bond donors (Lipinski definition) is 3. The van der Waals surface area contributed by atoms with E-state index in [1.807, 2.05) is 6.08 Å². The third kappa shape index (κ3) is 53.3. The van der Waals surface area contributed by atoms with Crippen LogP contribution in [0.4, 0.5) is 0 Å². The van der Waals surface area contributed by atoms with Gasteiger partial charge in [0.2, 0.25) is 5.91 Å². The standard InChI is InChI=1S/C62H117NO3/c1-3-5-7-9-11-13-15-17-19-21-23-24-25-26-27-28-29-30-31-32-33-34-35-36-37-38-40-42-44-46-48-50-52-54-56-58-62(66)63-60(59-64)61(65)57-55-53-51-49-47-45-43-41-39-22-20-18-16-14-12-10-8-6-4-2/h21,23,39,41,47,49,55,57,60-61,64-65H,3-20,22,24-38,40,42-46,48,50-54,56,58-59H2,1-2H3,(H,63,66)/b23-21-,41-39+,49-47+,57-55+. The lowest BCUT2D eigenvalue weighted by molar-refractivity contribution is -0.123. The lowest BCUT2D eigenvalue weighted by atomic mass is 10.0. The normalized spacial score (nSPS) is 13.1. The van der Waals surface area contributed by atoms with Gasteiger partial charge >= 0.3 is 0 Å². The number of nitrogens with one attached hydrogen (secondary N) is 1. The van der Waals surface area contributed by atoms with Gasteiger partial charge in [-0.3, -0.25) is 4.79 Å². The number of carbonyl (C=O) groups excluding carboxylic acids is 1. The van der Waals surface area contributed by atoms with Gasteiger partial charge in [-0.1, -0.05) is 294 Å². The Bertz CT molecular complexity index is 1050. The summed E-state index contributed by atoms with van der Waals surface area (Å²) in [5.41, 5.74) is 0. The maximum atomic E-state index is 12.5. The number of allylic oxidation sites excluding steroid dienone is 7. The quantitative estimate of drug-likeness (QED) is 0.0420. The second-order valence-corrected chi connectivity index (χ2v) is 20.4. The largest absolute Gasteiger partial charge is 0.394 e. The van der Waals surface area contributed by atoms with Gasteiger partial charge in [0.25, 0.3) is 0 Å². The minimum Gasteiger partial charge on any atom is -0.394 e. The third-order valence-corrected chi connectivity index (χ3v) is 13.8. The summed E-state index contributed by atoms with van der Waals surface area (Å²) in [6, 6.07) is -0.645. The van der Waals surface area contributed by atoms with E-state index in [-0.39, 0.29) is 12.5 Å². The summed E-state index contributed by atoms with van der Waals surface area (Å²) >= 11 is 0. The van der Waals surface area contributed by atoms with Gasteiger partial charge in [-0.15, -0.1) is 0 Å². The molecule has 0 bridgehead atoms. The average molecular weight is 925 g/mol. The maximum Gasteiger partial charge on any atom is 0.220 e. The lowest BCUT2D eigenvalue weighted by Gasteiger charge is -2.19. The highest BCUT2D eigenvalue weighted by atomic mass is 16.3. The summed E-state index contributed by atoms with van der Waals surface area (Å²) in [7, 11) is 0. The summed E-state index contributed by atoms with van der Waals surface area (Å²) in [5, 5.41) is 23.1. The molecule has 4 nitrogen and oxygen atoms in total. The number of aliphatic hydroxyl groups is 2. The molecule has 0 fully saturated rings. The second kappa shape index (κ2) is 57.7. The Morgan fingerprint density at radius 3 is 0.879 bits per heavy atom. The molecule has 0 spiro atoms. The predicted octanol–water partition coefficient (Wildman–Crippen LogP) is 19.8. The summed E-state index contributed by atoms with van der Waals surface area (Å²) in [5.74, 6) is -0.0729. The van der Waals surface area contributed by atoms with Gasteiger partial charge in [0, 0.05) is 6.42 Å². The van der Waals surface area contributed by atoms with Crippen molar-refractivity contribution in [2.45, 2.75) is 334 Å². The highest BCUT2D eigenvalue weighted by Gasteiger charge is 2.18. The summed E-state index contributed by atoms with van der Waals surface area (Å²) in [6.07, 6.45) is 80.1. The van der Waals surface area contributed by atoms with Crippen molar-refractivity contribution in [3.8, 4) is 0 Å². The first-order valence-corrected chi connectivity index (χ1v) is 29.9. The van der Waals surface area contributed by atoms with Crippen LogP contribution in [0.3, 0.4) is 0 Å². The van der Waals surface area contributed by atoms with E-state index in [1.54, 1.807) is 6.08 Å². The van der Waals surface area contributed by atoms with E-state index in [4.69, 9.17) is 0 Å². The van der Waals surface area contributed by atoms with Crippen LogP contribution in [-0.4, -0.2) is 34.9 Å². The summed E-state index contributed by atoms with van der Waals surface area (Å²) in [6.45, 7) is 4.32. The molecule has 2 unspecified atom stereocenters. The van der Waals surface area contributed by atoms with E-state index in [0.717, 1.165) is 38.5 Å². The van der Waals surface area contributed by atoms with E-state index in [9.17, 15) is 15.0 Å². The smallest absolute Gasteiger partial charge is 0.220 e. The molecule has 0 saturated heterocycles. The van der Waals surface area contributed by atoms with E-state index >= 15 is 0 Å². The molecule has 1 amide bonds. The number of unbranched alkanes of at least 4 members (excludes halogenated alkanes) is 42. The van der Waals surface area contributed by atoms with Crippen molar-refractivity contribution in [3.05, 3.63) is 48.6 Å². The molecular formula is C62H117NO3. The Hall–Kier alpha value is -1.65. The number of amides is 1. The van der Waals surface area contributed by atoms with Crippen LogP contribution in [0.2, 0.25) is 0 Å². The van der Waals surface area contributed by atoms with Crippen molar-refractivity contribution in [2.75, 3.05) is 6.61 Å². The van der Waals surface area contributed by atoms with E-state index in [0.29, 0.717) is 6.42 Å². The predicted molar refractivity (Wildman–Crippen MR) is 295 cm³/mol. The van der Waals surface area contributed by atoms with Crippen LogP contribution >= 0.6 is 0 Å². The fourth-order valence-corrected chi connectivity index (χ4v) is 9.21. The fraction of sp³-hybridized carbons (Fsp3) is 0.855. The summed E-state index contributed by atoms with van der Waals surface area (Å²) < 4.78 is 0. The Labute approximate surface area is 414 Å². The van der Waals surface area contributed by atoms with Gasteiger partial charge in [0.15, 0.2) is 0 Å². The second-order valence-electron chi connectivity index (χ2n) is 20.4. The molecule has 2 atom stereocenters. The third-order valence-electron chi connectivity index (χ3n) is 13.8. The van der Waals surface area contributed by atoms with Crippen molar-refractivity contribution >= 4 is 5.91 Å². The number of carbonyl (C=O) groups is 1. The SMILES string of the molecule is CCCCCCCCCC/C=C\CCCCCCCCCCCCCCCCCCCCCCCCCC(=O)NC(CO)C(O)/C=C/CC/C=C/CC/C=C/CCCCCCCCCCC. The Morgan fingerprint density at radius 1 is 0.348 bits per heavy atom. The van der Waals surface area contributed by atoms with Crippen LogP contribution in [0.1, 0.15) is 322 Å². The zero-order chi connectivity index (χ0) is 47.7. The Kier molecular flexibility index (Phi) is 56.2. The molecular weight excluding hydrogens is 807 g/mol. The number of hydrogen-bond acceptors (Lipinski definition) is 3. The average Bonchev–Trinajstić information content (AvgIpc) is 3.32. The molecule has 0 rings (SSSR count). The molecule has 0 heterocycles. The van der Waals surface area contributed by atoms with Crippen LogP contribution in [0, 0.1) is 0 Å². The molecule has 0 aliphatic rings. The molecule has 0 aliphatic carbocycles. The molecule has 0 aromatic heterocycles. The van der Waals surface area contributed by atoms with Crippen LogP contribution in [0.15, 0.2) is 48.6 Å². The van der Waals surface area contributed by atoms with Crippen molar-refractivity contribution in [2.24, 2.45) is 0 Å². The van der Waals surface area contributed by atoms with Gasteiger partial charge in [-0.25, -0.2) is 0 Å². The molecule has 388 valence electrons. The zero-order valence-corrected chi connectivity index (χ0v) is 44.7. The van der Waals surface area contributed by atoms with Crippen LogP contribution < -0.4 is 5.32 Å². The topological polar surface area (TPSA) is 69.6 Å². The van der Waals surface area contributed by atoms with E-state index < -0.39 is 12.1 Å². The summed E-state index contributed by atoms with van der Waals surface area (Å²) in [4.78, 5) is 12.5. The molecule has 66 heavy (non-hydrogen) atoms. The monoisotopic (exact) mass is 924 g/mol. The van der Waals surface area contributed by atoms with Crippen molar-refractivity contribution in [1.82, 2.24) is 5.32 Å². The van der Waals surface area contributed by atoms with Crippen LogP contribution in [0.25, 0.3) is 0 Å². The molecule has 4 heteroatoms. The molecule has 3 N–H and O–H groups in total. The Morgan fingerprint density at radius 2 is 0.591 bits per heavy atom. The first kappa shape index (κ1) is 64.3.